The number of hydrogen-bond donors (Lipinski definition) is 1. The van der Waals surface area contributed by atoms with Gasteiger partial charge in [0.05, 0.1) is 6.04 Å². The molecule has 1 aliphatic heterocycles. The Kier molecular flexibility index (Phi) is 11.8. The summed E-state index contributed by atoms with van der Waals surface area (Å²) >= 11 is 0. The average molecular weight is 177 g/mol. The van der Waals surface area contributed by atoms with E-state index in [2.05, 4.69) is 10.1 Å². The number of alkyl carbamates (subject to hydrolysis) is 1. The van der Waals surface area contributed by atoms with Gasteiger partial charge in [-0.3, -0.25) is 0 Å². The molecular formula is C9H23NO2. The molecule has 0 bridgehead atoms. The molecule has 1 rings (SSSR count). The second kappa shape index (κ2) is 10.3. The van der Waals surface area contributed by atoms with Crippen LogP contribution in [0.1, 0.15) is 42.5 Å². The standard InChI is InChI=1S/C5H9NO2.2C2H6.H2/c1-2-4-3-8-5(7)6-4;2*1-2;/h4H,2-3H2,1H3,(H,6,7);2*1-2H3;1H/t4-;;;/m0.../s1. The SMILES string of the molecule is CC.CC.CC[C@H]1COC(=O)N1.[HH]. The van der Waals surface area contributed by atoms with Crippen LogP contribution in [0.2, 0.25) is 0 Å². The van der Waals surface area contributed by atoms with Gasteiger partial charge in [0.25, 0.3) is 0 Å². The topological polar surface area (TPSA) is 38.3 Å². The van der Waals surface area contributed by atoms with Gasteiger partial charge in [0.15, 0.2) is 0 Å². The highest BCUT2D eigenvalue weighted by atomic mass is 16.6. The molecule has 1 aliphatic rings. The van der Waals surface area contributed by atoms with Gasteiger partial charge >= 0.3 is 6.09 Å². The molecule has 0 aliphatic carbocycles. The molecule has 1 fully saturated rings. The van der Waals surface area contributed by atoms with E-state index in [0.717, 1.165) is 6.42 Å². The molecule has 3 heteroatoms. The monoisotopic (exact) mass is 177 g/mol. The van der Waals surface area contributed by atoms with E-state index in [1.165, 1.54) is 0 Å². The molecule has 1 atom stereocenters. The quantitative estimate of drug-likeness (QED) is 0.669. The molecule has 0 unspecified atom stereocenters. The number of rotatable bonds is 1. The molecule has 0 spiro atoms. The molecule has 12 heavy (non-hydrogen) atoms. The van der Waals surface area contributed by atoms with Crippen LogP contribution >= 0.6 is 0 Å². The first kappa shape index (κ1) is 13.8. The zero-order chi connectivity index (χ0) is 9.98. The van der Waals surface area contributed by atoms with E-state index in [0.29, 0.717) is 6.61 Å². The highest BCUT2D eigenvalue weighted by molar-refractivity contribution is 5.69. The van der Waals surface area contributed by atoms with Crippen molar-refractivity contribution in [2.45, 2.75) is 47.1 Å². The molecule has 1 heterocycles. The fourth-order valence-electron chi connectivity index (χ4n) is 0.646. The van der Waals surface area contributed by atoms with Crippen molar-refractivity contribution in [3.8, 4) is 0 Å². The van der Waals surface area contributed by atoms with E-state index in [1.807, 2.05) is 34.6 Å². The molecule has 0 aromatic rings. The zero-order valence-electron chi connectivity index (χ0n) is 8.81. The minimum Gasteiger partial charge on any atom is -0.447 e. The summed E-state index contributed by atoms with van der Waals surface area (Å²) in [5.41, 5.74) is 0. The average Bonchev–Trinajstić information content (AvgIpc) is 2.58. The lowest BCUT2D eigenvalue weighted by Gasteiger charge is -1.97. The molecule has 1 saturated heterocycles. The molecule has 0 radical (unpaired) electrons. The first-order chi connectivity index (χ1) is 5.83. The summed E-state index contributed by atoms with van der Waals surface area (Å²) in [6.45, 7) is 10.6. The summed E-state index contributed by atoms with van der Waals surface area (Å²) in [6, 6.07) is 0.252. The molecule has 76 valence electrons. The molecule has 1 N–H and O–H groups in total. The fraction of sp³-hybridized carbons (Fsp3) is 0.889. The smallest absolute Gasteiger partial charge is 0.407 e. The van der Waals surface area contributed by atoms with Gasteiger partial charge in [-0.15, -0.1) is 0 Å². The van der Waals surface area contributed by atoms with Crippen LogP contribution in [0.5, 0.6) is 0 Å². The van der Waals surface area contributed by atoms with Crippen molar-refractivity contribution in [2.75, 3.05) is 6.61 Å². The number of ether oxygens (including phenoxy) is 1. The number of cyclic esters (lactones) is 1. The van der Waals surface area contributed by atoms with Crippen molar-refractivity contribution in [1.29, 1.82) is 0 Å². The third-order valence-corrected chi connectivity index (χ3v) is 1.23. The van der Waals surface area contributed by atoms with E-state index < -0.39 is 0 Å². The van der Waals surface area contributed by atoms with E-state index in [4.69, 9.17) is 0 Å². The van der Waals surface area contributed by atoms with Gasteiger partial charge in [-0.05, 0) is 6.42 Å². The summed E-state index contributed by atoms with van der Waals surface area (Å²) < 4.78 is 4.61. The molecule has 0 aromatic carbocycles. The second-order valence-electron chi connectivity index (χ2n) is 1.85. The van der Waals surface area contributed by atoms with Gasteiger partial charge in [0.1, 0.15) is 6.61 Å². The Labute approximate surface area is 77.0 Å². The maximum atomic E-state index is 10.3. The number of amides is 1. The second-order valence-corrected chi connectivity index (χ2v) is 1.85. The van der Waals surface area contributed by atoms with Crippen LogP contribution in [0.4, 0.5) is 4.79 Å². The summed E-state index contributed by atoms with van der Waals surface area (Å²) in [7, 11) is 0. The van der Waals surface area contributed by atoms with Crippen molar-refractivity contribution in [3.63, 3.8) is 0 Å². The molecule has 1 amide bonds. The van der Waals surface area contributed by atoms with E-state index in [-0.39, 0.29) is 13.6 Å². The van der Waals surface area contributed by atoms with E-state index in [9.17, 15) is 4.79 Å². The third-order valence-electron chi connectivity index (χ3n) is 1.23. The zero-order valence-corrected chi connectivity index (χ0v) is 8.81. The van der Waals surface area contributed by atoms with Gasteiger partial charge in [0, 0.05) is 1.43 Å². The van der Waals surface area contributed by atoms with Gasteiger partial charge in [-0.25, -0.2) is 4.79 Å². The Balaban J connectivity index is -0.000000178. The van der Waals surface area contributed by atoms with Gasteiger partial charge in [0.2, 0.25) is 0 Å². The van der Waals surface area contributed by atoms with Crippen LogP contribution in [0, 0.1) is 0 Å². The van der Waals surface area contributed by atoms with Crippen molar-refractivity contribution in [1.82, 2.24) is 5.32 Å². The summed E-state index contributed by atoms with van der Waals surface area (Å²) in [6.07, 6.45) is 0.669. The van der Waals surface area contributed by atoms with Gasteiger partial charge in [-0.1, -0.05) is 34.6 Å². The Bertz CT molecular complexity index is 110. The first-order valence-corrected chi connectivity index (χ1v) is 4.76. The predicted octanol–water partition coefficient (Wildman–Crippen LogP) is 2.80. The summed E-state index contributed by atoms with van der Waals surface area (Å²) in [5.74, 6) is 0. The minimum atomic E-state index is -0.281. The van der Waals surface area contributed by atoms with E-state index in [1.54, 1.807) is 0 Å². The molecule has 0 saturated carbocycles. The van der Waals surface area contributed by atoms with Crippen LogP contribution in [0.15, 0.2) is 0 Å². The normalized spacial score (nSPS) is 19.1. The lowest BCUT2D eigenvalue weighted by molar-refractivity contribution is 0.176. The Morgan fingerprint density at radius 1 is 1.50 bits per heavy atom. The molecular weight excluding hydrogens is 154 g/mol. The van der Waals surface area contributed by atoms with Crippen LogP contribution in [0.3, 0.4) is 0 Å². The van der Waals surface area contributed by atoms with Crippen LogP contribution < -0.4 is 5.32 Å². The van der Waals surface area contributed by atoms with Gasteiger partial charge in [-0.2, -0.15) is 0 Å². The minimum absolute atomic E-state index is 0. The molecule has 3 nitrogen and oxygen atoms in total. The maximum Gasteiger partial charge on any atom is 0.407 e. The maximum absolute atomic E-state index is 10.3. The van der Waals surface area contributed by atoms with Crippen molar-refractivity contribution < 1.29 is 11.0 Å². The van der Waals surface area contributed by atoms with Gasteiger partial charge < -0.3 is 10.1 Å². The first-order valence-electron chi connectivity index (χ1n) is 4.76. The van der Waals surface area contributed by atoms with Crippen molar-refractivity contribution in [2.24, 2.45) is 0 Å². The Morgan fingerprint density at radius 2 is 2.00 bits per heavy atom. The predicted molar refractivity (Wildman–Crippen MR) is 53.4 cm³/mol. The molecule has 0 aromatic heterocycles. The highest BCUT2D eigenvalue weighted by Gasteiger charge is 2.19. The number of hydrogen-bond acceptors (Lipinski definition) is 2. The number of nitrogens with one attached hydrogen (secondary N) is 1. The Morgan fingerprint density at radius 3 is 2.17 bits per heavy atom. The summed E-state index contributed by atoms with van der Waals surface area (Å²) in [4.78, 5) is 10.3. The van der Waals surface area contributed by atoms with Crippen LogP contribution in [0.25, 0.3) is 0 Å². The highest BCUT2D eigenvalue weighted by Crippen LogP contribution is 1.99. The largest absolute Gasteiger partial charge is 0.447 e. The Hall–Kier alpha value is -0.730. The summed E-state index contributed by atoms with van der Waals surface area (Å²) in [5, 5.41) is 2.64. The third kappa shape index (κ3) is 6.01. The lowest BCUT2D eigenvalue weighted by Crippen LogP contribution is -2.24. The van der Waals surface area contributed by atoms with Crippen molar-refractivity contribution in [3.05, 3.63) is 0 Å². The number of carbonyl (C=O) groups is 1. The van der Waals surface area contributed by atoms with Crippen LogP contribution in [-0.2, 0) is 4.74 Å². The van der Waals surface area contributed by atoms with Crippen LogP contribution in [-0.4, -0.2) is 18.7 Å². The van der Waals surface area contributed by atoms with E-state index >= 15 is 0 Å². The number of carbonyl (C=O) groups excluding carboxylic acids is 1. The lowest BCUT2D eigenvalue weighted by atomic mass is 10.3. The van der Waals surface area contributed by atoms with Crippen molar-refractivity contribution >= 4 is 6.09 Å². The fourth-order valence-corrected chi connectivity index (χ4v) is 0.646.